The first-order chi connectivity index (χ1) is 8.22. The van der Waals surface area contributed by atoms with E-state index in [9.17, 15) is 0 Å². The number of nitrogens with one attached hydrogen (secondary N) is 1. The van der Waals surface area contributed by atoms with Gasteiger partial charge in [-0.25, -0.2) is 0 Å². The molecule has 0 fully saturated rings. The normalized spacial score (nSPS) is 11.3. The van der Waals surface area contributed by atoms with Gasteiger partial charge in [-0.05, 0) is 39.1 Å². The molecule has 1 aromatic heterocycles. The van der Waals surface area contributed by atoms with Crippen molar-refractivity contribution in [2.24, 2.45) is 0 Å². The molecule has 0 aromatic carbocycles. The lowest BCUT2D eigenvalue weighted by Gasteiger charge is -2.16. The molecule has 0 amide bonds. The summed E-state index contributed by atoms with van der Waals surface area (Å²) in [6.07, 6.45) is 3.99. The smallest absolute Gasteiger partial charge is 0.0300 e. The summed E-state index contributed by atoms with van der Waals surface area (Å²) in [5.74, 6) is 0. The number of likely N-dealkylation sites (N-methyl/N-ethyl adjacent to an activating group) is 1. The van der Waals surface area contributed by atoms with Crippen LogP contribution in [0.2, 0.25) is 0 Å². The molecule has 17 heavy (non-hydrogen) atoms. The molecule has 0 spiro atoms. The topological polar surface area (TPSA) is 15.3 Å². The highest BCUT2D eigenvalue weighted by Gasteiger charge is 1.99. The van der Waals surface area contributed by atoms with Gasteiger partial charge in [-0.3, -0.25) is 0 Å². The van der Waals surface area contributed by atoms with Crippen molar-refractivity contribution < 1.29 is 0 Å². The van der Waals surface area contributed by atoms with Gasteiger partial charge in [0, 0.05) is 29.4 Å². The van der Waals surface area contributed by atoms with Crippen LogP contribution in [-0.2, 0) is 6.54 Å². The second-order valence-electron chi connectivity index (χ2n) is 4.70. The molecule has 0 unspecified atom stereocenters. The number of rotatable bonds is 9. The van der Waals surface area contributed by atoms with Crippen LogP contribution in [0, 0.1) is 6.92 Å². The number of thiophene rings is 1. The van der Waals surface area contributed by atoms with Gasteiger partial charge in [-0.1, -0.05) is 19.8 Å². The molecule has 1 rings (SSSR count). The molecular formula is C14H26N2S. The highest BCUT2D eigenvalue weighted by atomic mass is 32.1. The minimum atomic E-state index is 1.02. The number of unbranched alkanes of at least 4 members (excludes halogenated alkanes) is 2. The number of aryl methyl sites for hydroxylation is 1. The molecule has 0 saturated carbocycles. The minimum Gasteiger partial charge on any atom is -0.311 e. The summed E-state index contributed by atoms with van der Waals surface area (Å²) in [5.41, 5.74) is 0. The summed E-state index contributed by atoms with van der Waals surface area (Å²) >= 11 is 1.89. The Morgan fingerprint density at radius 1 is 1.24 bits per heavy atom. The van der Waals surface area contributed by atoms with E-state index in [1.807, 2.05) is 11.3 Å². The zero-order valence-corrected chi connectivity index (χ0v) is 12.3. The predicted molar refractivity (Wildman–Crippen MR) is 77.8 cm³/mol. The van der Waals surface area contributed by atoms with Gasteiger partial charge >= 0.3 is 0 Å². The maximum absolute atomic E-state index is 3.51. The number of nitrogens with zero attached hydrogens (tertiary/aromatic N) is 1. The lowest BCUT2D eigenvalue weighted by molar-refractivity contribution is 0.323. The van der Waals surface area contributed by atoms with E-state index in [0.29, 0.717) is 0 Å². The average molecular weight is 254 g/mol. The first-order valence-corrected chi connectivity index (χ1v) is 7.48. The zero-order valence-electron chi connectivity index (χ0n) is 11.5. The summed E-state index contributed by atoms with van der Waals surface area (Å²) in [5, 5.41) is 3.51. The molecule has 0 aliphatic rings. The first kappa shape index (κ1) is 14.7. The predicted octanol–water partition coefficient (Wildman–Crippen LogP) is 3.27. The van der Waals surface area contributed by atoms with Gasteiger partial charge in [-0.15, -0.1) is 11.3 Å². The van der Waals surface area contributed by atoms with Crippen molar-refractivity contribution in [1.29, 1.82) is 0 Å². The van der Waals surface area contributed by atoms with E-state index < -0.39 is 0 Å². The molecule has 1 aromatic rings. The summed E-state index contributed by atoms with van der Waals surface area (Å²) < 4.78 is 0. The Kier molecular flexibility index (Phi) is 7.49. The zero-order chi connectivity index (χ0) is 12.5. The van der Waals surface area contributed by atoms with E-state index in [0.717, 1.165) is 19.6 Å². The molecule has 0 radical (unpaired) electrons. The van der Waals surface area contributed by atoms with Crippen molar-refractivity contribution in [3.63, 3.8) is 0 Å². The van der Waals surface area contributed by atoms with Crippen LogP contribution >= 0.6 is 11.3 Å². The first-order valence-electron chi connectivity index (χ1n) is 6.67. The lowest BCUT2D eigenvalue weighted by Crippen LogP contribution is -2.29. The Hall–Kier alpha value is -0.380. The van der Waals surface area contributed by atoms with Gasteiger partial charge < -0.3 is 10.2 Å². The van der Waals surface area contributed by atoms with E-state index in [1.165, 1.54) is 35.6 Å². The van der Waals surface area contributed by atoms with E-state index >= 15 is 0 Å². The molecule has 3 heteroatoms. The van der Waals surface area contributed by atoms with E-state index in [4.69, 9.17) is 0 Å². The van der Waals surface area contributed by atoms with E-state index in [-0.39, 0.29) is 0 Å². The second-order valence-corrected chi connectivity index (χ2v) is 6.07. The van der Waals surface area contributed by atoms with Crippen LogP contribution in [0.4, 0.5) is 0 Å². The monoisotopic (exact) mass is 254 g/mol. The Morgan fingerprint density at radius 2 is 2.06 bits per heavy atom. The van der Waals surface area contributed by atoms with Crippen LogP contribution < -0.4 is 5.32 Å². The van der Waals surface area contributed by atoms with Crippen molar-refractivity contribution >= 4 is 11.3 Å². The van der Waals surface area contributed by atoms with Crippen LogP contribution in [0.15, 0.2) is 12.1 Å². The third-order valence-electron chi connectivity index (χ3n) is 2.91. The molecule has 0 bridgehead atoms. The summed E-state index contributed by atoms with van der Waals surface area (Å²) in [6.45, 7) is 8.89. The summed E-state index contributed by atoms with van der Waals surface area (Å²) in [7, 11) is 2.21. The van der Waals surface area contributed by atoms with Crippen LogP contribution in [0.5, 0.6) is 0 Å². The third kappa shape index (κ3) is 6.81. The molecule has 0 atom stereocenters. The summed E-state index contributed by atoms with van der Waals surface area (Å²) in [4.78, 5) is 5.26. The fourth-order valence-corrected chi connectivity index (χ4v) is 2.67. The Labute approximate surface area is 110 Å². The van der Waals surface area contributed by atoms with Crippen LogP contribution in [0.3, 0.4) is 0 Å². The summed E-state index contributed by atoms with van der Waals surface area (Å²) in [6, 6.07) is 4.41. The fraction of sp³-hybridized carbons (Fsp3) is 0.714. The highest BCUT2D eigenvalue weighted by molar-refractivity contribution is 7.11. The molecule has 0 aliphatic heterocycles. The molecular weight excluding hydrogens is 228 g/mol. The maximum Gasteiger partial charge on any atom is 0.0300 e. The number of hydrogen-bond donors (Lipinski definition) is 1. The van der Waals surface area contributed by atoms with Crippen LogP contribution in [0.25, 0.3) is 0 Å². The number of hydrogen-bond acceptors (Lipinski definition) is 3. The van der Waals surface area contributed by atoms with Crippen molar-refractivity contribution in [1.82, 2.24) is 10.2 Å². The van der Waals surface area contributed by atoms with Crippen LogP contribution in [-0.4, -0.2) is 31.6 Å². The molecule has 0 aliphatic carbocycles. The van der Waals surface area contributed by atoms with Gasteiger partial charge in [0.1, 0.15) is 0 Å². The molecule has 2 nitrogen and oxygen atoms in total. The van der Waals surface area contributed by atoms with Gasteiger partial charge in [0.05, 0.1) is 0 Å². The molecule has 0 saturated heterocycles. The van der Waals surface area contributed by atoms with E-state index in [2.05, 4.69) is 43.2 Å². The standard InChI is InChI=1S/C14H26N2S/c1-4-5-6-10-16(3)11-9-15-12-14-8-7-13(2)17-14/h7-8,15H,4-6,9-12H2,1-3H3. The fourth-order valence-electron chi connectivity index (χ4n) is 1.81. The van der Waals surface area contributed by atoms with E-state index in [1.54, 1.807) is 0 Å². The van der Waals surface area contributed by atoms with Crippen molar-refractivity contribution in [3.8, 4) is 0 Å². The van der Waals surface area contributed by atoms with Crippen LogP contribution in [0.1, 0.15) is 35.9 Å². The van der Waals surface area contributed by atoms with Gasteiger partial charge in [0.25, 0.3) is 0 Å². The SMILES string of the molecule is CCCCCN(C)CCNCc1ccc(C)s1. The van der Waals surface area contributed by atoms with Gasteiger partial charge in [0.2, 0.25) is 0 Å². The third-order valence-corrected chi connectivity index (χ3v) is 3.91. The van der Waals surface area contributed by atoms with Gasteiger partial charge in [-0.2, -0.15) is 0 Å². The van der Waals surface area contributed by atoms with Crippen molar-refractivity contribution in [3.05, 3.63) is 21.9 Å². The molecule has 1 N–H and O–H groups in total. The van der Waals surface area contributed by atoms with Crippen molar-refractivity contribution in [2.75, 3.05) is 26.7 Å². The Balaban J connectivity index is 2.00. The Morgan fingerprint density at radius 3 is 2.71 bits per heavy atom. The average Bonchev–Trinajstić information content (AvgIpc) is 2.71. The van der Waals surface area contributed by atoms with Crippen molar-refractivity contribution in [2.45, 2.75) is 39.7 Å². The maximum atomic E-state index is 3.51. The molecule has 1 heterocycles. The lowest BCUT2D eigenvalue weighted by atomic mass is 10.2. The highest BCUT2D eigenvalue weighted by Crippen LogP contribution is 2.14. The quantitative estimate of drug-likeness (QED) is 0.680. The molecule has 98 valence electrons. The second kappa shape index (κ2) is 8.67. The largest absolute Gasteiger partial charge is 0.311 e. The Bertz CT molecular complexity index is 296. The van der Waals surface area contributed by atoms with Gasteiger partial charge in [0.15, 0.2) is 0 Å². The minimum absolute atomic E-state index is 1.02.